The van der Waals surface area contributed by atoms with Crippen molar-refractivity contribution in [1.29, 1.82) is 0 Å². The molecule has 2 N–H and O–H groups in total. The zero-order valence-electron chi connectivity index (χ0n) is 23.2. The molecule has 6 rings (SSSR count). The van der Waals surface area contributed by atoms with Crippen LogP contribution in [0.3, 0.4) is 0 Å². The molecule has 0 bridgehead atoms. The third-order valence-electron chi connectivity index (χ3n) is 6.73. The van der Waals surface area contributed by atoms with Gasteiger partial charge in [-0.2, -0.15) is 5.10 Å². The van der Waals surface area contributed by atoms with Crippen LogP contribution >= 0.6 is 23.2 Å². The van der Waals surface area contributed by atoms with Crippen LogP contribution in [0.15, 0.2) is 85.7 Å². The molecule has 2 aromatic carbocycles. The number of H-pyrrole nitrogens is 1. The van der Waals surface area contributed by atoms with E-state index < -0.39 is 0 Å². The van der Waals surface area contributed by atoms with Gasteiger partial charge in [0.15, 0.2) is 11.6 Å². The zero-order valence-corrected chi connectivity index (χ0v) is 24.7. The van der Waals surface area contributed by atoms with Crippen molar-refractivity contribution < 1.29 is 4.79 Å². The normalized spacial score (nSPS) is 16.4. The highest BCUT2D eigenvalue weighted by molar-refractivity contribution is 6.31. The molecule has 1 saturated heterocycles. The van der Waals surface area contributed by atoms with E-state index in [9.17, 15) is 4.79 Å². The van der Waals surface area contributed by atoms with E-state index in [2.05, 4.69) is 54.2 Å². The Morgan fingerprint density at radius 2 is 1.48 bits per heavy atom. The maximum absolute atomic E-state index is 11.8. The summed E-state index contributed by atoms with van der Waals surface area (Å²) < 4.78 is 0. The summed E-state index contributed by atoms with van der Waals surface area (Å²) in [5.74, 6) is 0.948. The van der Waals surface area contributed by atoms with E-state index in [4.69, 9.17) is 23.2 Å². The first kappa shape index (κ1) is 29.3. The van der Waals surface area contributed by atoms with E-state index >= 15 is 0 Å². The highest BCUT2D eigenvalue weighted by atomic mass is 35.5. The summed E-state index contributed by atoms with van der Waals surface area (Å²) in [4.78, 5) is 30.5. The van der Waals surface area contributed by atoms with Crippen LogP contribution in [0.25, 0.3) is 22.5 Å². The largest absolute Gasteiger partial charge is 0.351 e. The molecule has 5 aromatic rings. The van der Waals surface area contributed by atoms with Crippen molar-refractivity contribution >= 4 is 34.8 Å². The van der Waals surface area contributed by atoms with Gasteiger partial charge >= 0.3 is 0 Å². The zero-order chi connectivity index (χ0) is 29.5. The highest BCUT2D eigenvalue weighted by Crippen LogP contribution is 2.37. The van der Waals surface area contributed by atoms with E-state index in [0.29, 0.717) is 27.7 Å². The Morgan fingerprint density at radius 3 is 2.07 bits per heavy atom. The molecule has 2 unspecified atom stereocenters. The van der Waals surface area contributed by atoms with Gasteiger partial charge in [0, 0.05) is 58.7 Å². The molecular formula is C31H30Cl2N8O. The molecule has 4 heterocycles. The van der Waals surface area contributed by atoms with Crippen molar-refractivity contribution in [2.45, 2.75) is 32.4 Å². The number of nitrogens with zero attached hydrogens (tertiary/aromatic N) is 6. The number of rotatable bonds is 6. The summed E-state index contributed by atoms with van der Waals surface area (Å²) in [7, 11) is 0. The van der Waals surface area contributed by atoms with Crippen LogP contribution in [0.4, 0.5) is 5.82 Å². The van der Waals surface area contributed by atoms with Gasteiger partial charge in [0.25, 0.3) is 0 Å². The Bertz CT molecular complexity index is 1590. The van der Waals surface area contributed by atoms with Gasteiger partial charge in [-0.05, 0) is 62.4 Å². The van der Waals surface area contributed by atoms with Crippen molar-refractivity contribution in [2.75, 3.05) is 18.0 Å². The molecule has 0 saturated carbocycles. The predicted octanol–water partition coefficient (Wildman–Crippen LogP) is 5.93. The lowest BCUT2D eigenvalue weighted by atomic mass is 10.0. The Balaban J connectivity index is 0.000000189. The SMILES string of the molecule is CC1CN(c2n[nH]c(-c3ccc(Cl)cc3)c2-c2ccncn2)CC(C)N1.O=C(Cc1ccncn1)c1ccc(Cl)cc1. The molecule has 0 radical (unpaired) electrons. The van der Waals surface area contributed by atoms with Crippen LogP contribution in [0.5, 0.6) is 0 Å². The van der Waals surface area contributed by atoms with Crippen molar-refractivity contribution in [3.8, 4) is 22.5 Å². The van der Waals surface area contributed by atoms with Gasteiger partial charge < -0.3 is 10.2 Å². The van der Waals surface area contributed by atoms with Crippen molar-refractivity contribution in [3.05, 3.63) is 107 Å². The summed E-state index contributed by atoms with van der Waals surface area (Å²) in [5, 5.41) is 12.8. The Labute approximate surface area is 254 Å². The standard InChI is InChI=1S/C19H21ClN6.C12H9ClN2O/c1-12-9-26(10-13(2)23-12)19-17(16-7-8-21-11-22-16)18(24-25-19)14-3-5-15(20)6-4-14;13-10-3-1-9(2-4-10)12(16)7-11-5-6-14-8-15-11/h3-8,11-13,23H,9-10H2,1-2H3,(H,24,25);1-6,8H,7H2. The van der Waals surface area contributed by atoms with Crippen LogP contribution < -0.4 is 10.2 Å². The number of halogens is 2. The van der Waals surface area contributed by atoms with Crippen LogP contribution in [0.2, 0.25) is 10.0 Å². The lowest BCUT2D eigenvalue weighted by Crippen LogP contribution is -2.54. The number of carbonyl (C=O) groups excluding carboxylic acids is 1. The molecule has 0 spiro atoms. The Kier molecular flexibility index (Phi) is 9.53. The highest BCUT2D eigenvalue weighted by Gasteiger charge is 2.27. The smallest absolute Gasteiger partial charge is 0.168 e. The van der Waals surface area contributed by atoms with Crippen LogP contribution in [-0.4, -0.2) is 61.1 Å². The number of hydrogen-bond acceptors (Lipinski definition) is 8. The van der Waals surface area contributed by atoms with E-state index in [1.54, 1.807) is 49.1 Å². The van der Waals surface area contributed by atoms with Gasteiger partial charge in [-0.3, -0.25) is 9.89 Å². The molecule has 0 amide bonds. The van der Waals surface area contributed by atoms with Gasteiger partial charge in [0.1, 0.15) is 12.7 Å². The minimum absolute atomic E-state index is 0.0235. The number of benzene rings is 2. The van der Waals surface area contributed by atoms with Gasteiger partial charge in [-0.25, -0.2) is 19.9 Å². The molecule has 2 atom stereocenters. The minimum atomic E-state index is 0.0235. The lowest BCUT2D eigenvalue weighted by Gasteiger charge is -2.36. The first-order valence-corrected chi connectivity index (χ1v) is 14.3. The number of aromatic nitrogens is 6. The second kappa shape index (κ2) is 13.7. The number of anilines is 1. The van der Waals surface area contributed by atoms with Crippen molar-refractivity contribution in [3.63, 3.8) is 0 Å². The Morgan fingerprint density at radius 1 is 0.857 bits per heavy atom. The van der Waals surface area contributed by atoms with E-state index in [1.807, 2.05) is 30.3 Å². The van der Waals surface area contributed by atoms with Crippen LogP contribution in [0, 0.1) is 0 Å². The summed E-state index contributed by atoms with van der Waals surface area (Å²) in [6.45, 7) is 6.18. The monoisotopic (exact) mass is 600 g/mol. The first-order valence-electron chi connectivity index (χ1n) is 13.5. The molecule has 1 fully saturated rings. The number of carbonyl (C=O) groups is 1. The molecule has 42 heavy (non-hydrogen) atoms. The number of piperazine rings is 1. The summed E-state index contributed by atoms with van der Waals surface area (Å²) in [6.07, 6.45) is 6.67. The molecular weight excluding hydrogens is 571 g/mol. The summed E-state index contributed by atoms with van der Waals surface area (Å²) >= 11 is 11.8. The fraction of sp³-hybridized carbons (Fsp3) is 0.226. The average molecular weight is 602 g/mol. The van der Waals surface area contributed by atoms with Gasteiger partial charge in [0.05, 0.1) is 29.1 Å². The van der Waals surface area contributed by atoms with Crippen LogP contribution in [-0.2, 0) is 6.42 Å². The van der Waals surface area contributed by atoms with Gasteiger partial charge in [0.2, 0.25) is 0 Å². The number of Topliss-reactive ketones (excluding diaryl/α,β-unsaturated/α-hetero) is 1. The molecule has 3 aromatic heterocycles. The first-order chi connectivity index (χ1) is 20.4. The molecule has 1 aliphatic rings. The van der Waals surface area contributed by atoms with Crippen LogP contribution in [0.1, 0.15) is 29.9 Å². The molecule has 9 nitrogen and oxygen atoms in total. The second-order valence-electron chi connectivity index (χ2n) is 10.1. The van der Waals surface area contributed by atoms with E-state index in [-0.39, 0.29) is 12.2 Å². The second-order valence-corrected chi connectivity index (χ2v) is 11.0. The maximum atomic E-state index is 11.8. The van der Waals surface area contributed by atoms with Crippen molar-refractivity contribution in [2.24, 2.45) is 0 Å². The number of aromatic amines is 1. The predicted molar refractivity (Wildman–Crippen MR) is 166 cm³/mol. The average Bonchev–Trinajstić information content (AvgIpc) is 3.44. The number of nitrogens with one attached hydrogen (secondary N) is 2. The third kappa shape index (κ3) is 7.36. The summed E-state index contributed by atoms with van der Waals surface area (Å²) in [5.41, 5.74) is 5.17. The summed E-state index contributed by atoms with van der Waals surface area (Å²) in [6, 6.07) is 19.0. The Hall–Kier alpha value is -4.18. The fourth-order valence-corrected chi connectivity index (χ4v) is 5.14. The van der Waals surface area contributed by atoms with E-state index in [0.717, 1.165) is 47.1 Å². The van der Waals surface area contributed by atoms with Crippen molar-refractivity contribution in [1.82, 2.24) is 35.5 Å². The lowest BCUT2D eigenvalue weighted by molar-refractivity contribution is 0.0992. The fourth-order valence-electron chi connectivity index (χ4n) is 4.89. The van der Waals surface area contributed by atoms with E-state index in [1.165, 1.54) is 6.33 Å². The molecule has 0 aliphatic carbocycles. The molecule has 11 heteroatoms. The van der Waals surface area contributed by atoms with Gasteiger partial charge in [-0.15, -0.1) is 0 Å². The number of hydrogen-bond donors (Lipinski definition) is 2. The topological polar surface area (TPSA) is 113 Å². The minimum Gasteiger partial charge on any atom is -0.351 e. The quantitative estimate of drug-likeness (QED) is 0.231. The van der Waals surface area contributed by atoms with Gasteiger partial charge in [-0.1, -0.05) is 35.3 Å². The third-order valence-corrected chi connectivity index (χ3v) is 7.23. The molecule has 214 valence electrons. The maximum Gasteiger partial charge on any atom is 0.168 e. The number of ketones is 1. The molecule has 1 aliphatic heterocycles.